The van der Waals surface area contributed by atoms with Gasteiger partial charge in [0, 0.05) is 0 Å². The molecule has 82 valence electrons. The zero-order valence-corrected chi connectivity index (χ0v) is 12.4. The molecule has 0 spiro atoms. The fraction of sp³-hybridized carbons (Fsp3) is 0.917. The van der Waals surface area contributed by atoms with Gasteiger partial charge < -0.3 is 0 Å². The molecule has 0 saturated heterocycles. The summed E-state index contributed by atoms with van der Waals surface area (Å²) in [5.74, 6) is 5.52. The average molecular weight is 257 g/mol. The Bertz CT molecular complexity index is 225. The van der Waals surface area contributed by atoms with Gasteiger partial charge in [-0.05, 0) is 0 Å². The third-order valence-corrected chi connectivity index (χ3v) is 17.9. The molecular weight excluding hydrogens is 233 g/mol. The number of rotatable bonds is 1. The number of hydrogen-bond acceptors (Lipinski definition) is 1. The molecule has 1 unspecified atom stereocenters. The Kier molecular flexibility index (Phi) is 3.50. The summed E-state index contributed by atoms with van der Waals surface area (Å²) in [4.78, 5) is 11.5. The van der Waals surface area contributed by atoms with Crippen LogP contribution in [0, 0.1) is 0 Å². The van der Waals surface area contributed by atoms with E-state index in [1.807, 2.05) is 0 Å². The van der Waals surface area contributed by atoms with Crippen molar-refractivity contribution in [3.8, 4) is 0 Å². The van der Waals surface area contributed by atoms with Gasteiger partial charge in [0.15, 0.2) is 0 Å². The number of Topliss-reactive ketones (excluding diaryl/α,β-unsaturated/α-hetero) is 1. The molecule has 0 amide bonds. The van der Waals surface area contributed by atoms with Gasteiger partial charge >= 0.3 is 90.8 Å². The van der Waals surface area contributed by atoms with Crippen LogP contribution in [0.2, 0.25) is 20.5 Å². The van der Waals surface area contributed by atoms with Crippen molar-refractivity contribution >= 4 is 19.0 Å². The summed E-state index contributed by atoms with van der Waals surface area (Å²) >= 11 is -1.80. The van der Waals surface area contributed by atoms with E-state index in [2.05, 4.69) is 32.3 Å². The molecule has 0 radical (unpaired) electrons. The fourth-order valence-corrected chi connectivity index (χ4v) is 8.31. The zero-order chi connectivity index (χ0) is 11.0. The van der Waals surface area contributed by atoms with Gasteiger partial charge in [0.1, 0.15) is 0 Å². The summed E-state index contributed by atoms with van der Waals surface area (Å²) in [7, 11) is 0. The topological polar surface area (TPSA) is 17.1 Å². The Morgan fingerprint density at radius 2 is 1.86 bits per heavy atom. The third kappa shape index (κ3) is 2.42. The van der Waals surface area contributed by atoms with Crippen LogP contribution in [-0.4, -0.2) is 19.0 Å². The Morgan fingerprint density at radius 3 is 2.29 bits per heavy atom. The molecule has 1 aliphatic carbocycles. The number of hydrogen-bond donors (Lipinski definition) is 0. The van der Waals surface area contributed by atoms with Crippen LogP contribution in [0.25, 0.3) is 0 Å². The summed E-state index contributed by atoms with van der Waals surface area (Å²) in [5, 5.41) is 0. The molecule has 1 atom stereocenters. The van der Waals surface area contributed by atoms with Crippen molar-refractivity contribution in [2.75, 3.05) is 0 Å². The molecule has 0 N–H and O–H groups in total. The number of ketones is 1. The van der Waals surface area contributed by atoms with Crippen LogP contribution in [-0.2, 0) is 4.79 Å². The van der Waals surface area contributed by atoms with E-state index in [4.69, 9.17) is 0 Å². The van der Waals surface area contributed by atoms with E-state index in [1.165, 1.54) is 6.42 Å². The predicted octanol–water partition coefficient (Wildman–Crippen LogP) is 4.01. The third-order valence-electron chi connectivity index (χ3n) is 4.44. The molecule has 2 heteroatoms. The molecule has 0 heterocycles. The van der Waals surface area contributed by atoms with Gasteiger partial charge in [0.25, 0.3) is 0 Å². The van der Waals surface area contributed by atoms with Crippen LogP contribution in [0.1, 0.15) is 46.5 Å². The van der Waals surface area contributed by atoms with Crippen molar-refractivity contribution in [3.63, 3.8) is 0 Å². The summed E-state index contributed by atoms with van der Waals surface area (Å²) in [6.45, 7) is 7.10. The molecule has 0 aromatic rings. The quantitative estimate of drug-likeness (QED) is 0.648. The standard InChI is InChI=1S/C12H24GeO/c1-12(2,3)13(4,5)10-7-6-8-11(14)9-10/h10H,6-9H2,1-5H3. The molecule has 1 fully saturated rings. The molecule has 14 heavy (non-hydrogen) atoms. The summed E-state index contributed by atoms with van der Waals surface area (Å²) in [5.41, 5.74) is 0. The first-order valence-corrected chi connectivity index (χ1v) is 12.2. The Morgan fingerprint density at radius 1 is 1.29 bits per heavy atom. The van der Waals surface area contributed by atoms with E-state index in [9.17, 15) is 4.79 Å². The van der Waals surface area contributed by atoms with E-state index >= 15 is 0 Å². The van der Waals surface area contributed by atoms with Gasteiger partial charge in [-0.15, -0.1) is 0 Å². The summed E-state index contributed by atoms with van der Waals surface area (Å²) < 4.78 is 1.25. The van der Waals surface area contributed by atoms with Crippen molar-refractivity contribution in [2.24, 2.45) is 0 Å². The molecule has 1 aliphatic rings. The first-order valence-electron chi connectivity index (χ1n) is 5.77. The Hall–Kier alpha value is 0.213. The minimum absolute atomic E-state index is 0.474. The van der Waals surface area contributed by atoms with Gasteiger partial charge in [-0.3, -0.25) is 0 Å². The van der Waals surface area contributed by atoms with Crippen molar-refractivity contribution < 1.29 is 4.79 Å². The van der Waals surface area contributed by atoms with Crippen LogP contribution in [0.4, 0.5) is 0 Å². The molecular formula is C12H24GeO. The van der Waals surface area contributed by atoms with Crippen molar-refractivity contribution in [1.82, 2.24) is 0 Å². The van der Waals surface area contributed by atoms with Crippen LogP contribution in [0.15, 0.2) is 0 Å². The average Bonchev–Trinajstić information content (AvgIpc) is 2.02. The molecule has 0 aliphatic heterocycles. The molecule has 1 rings (SSSR count). The minimum atomic E-state index is -1.80. The van der Waals surface area contributed by atoms with Crippen molar-refractivity contribution in [3.05, 3.63) is 0 Å². The Labute approximate surface area is 91.0 Å². The van der Waals surface area contributed by atoms with E-state index in [0.717, 1.165) is 24.0 Å². The van der Waals surface area contributed by atoms with Gasteiger partial charge in [-0.1, -0.05) is 0 Å². The molecule has 0 bridgehead atoms. The predicted molar refractivity (Wildman–Crippen MR) is 64.4 cm³/mol. The molecule has 1 saturated carbocycles. The maximum absolute atomic E-state index is 11.5. The Balaban J connectivity index is 2.76. The monoisotopic (exact) mass is 258 g/mol. The van der Waals surface area contributed by atoms with Crippen LogP contribution < -0.4 is 0 Å². The second-order valence-electron chi connectivity index (χ2n) is 6.30. The van der Waals surface area contributed by atoms with Gasteiger partial charge in [-0.25, -0.2) is 0 Å². The van der Waals surface area contributed by atoms with Crippen molar-refractivity contribution in [2.45, 2.75) is 67.0 Å². The van der Waals surface area contributed by atoms with Gasteiger partial charge in [0.05, 0.1) is 0 Å². The number of carbonyl (C=O) groups is 1. The SMILES string of the molecule is C[C](C)(C)[Ge]([CH3])([CH3])[CH]1CCCC(=O)C1. The maximum atomic E-state index is 11.5. The molecule has 1 nitrogen and oxygen atoms in total. The van der Waals surface area contributed by atoms with Crippen LogP contribution in [0.5, 0.6) is 0 Å². The zero-order valence-electron chi connectivity index (χ0n) is 10.3. The van der Waals surface area contributed by atoms with E-state index in [-0.39, 0.29) is 0 Å². The van der Waals surface area contributed by atoms with Gasteiger partial charge in [-0.2, -0.15) is 0 Å². The van der Waals surface area contributed by atoms with E-state index in [1.54, 1.807) is 0 Å². The van der Waals surface area contributed by atoms with E-state index in [0.29, 0.717) is 10.0 Å². The second-order valence-corrected chi connectivity index (χ2v) is 18.4. The van der Waals surface area contributed by atoms with Crippen LogP contribution >= 0.6 is 0 Å². The normalized spacial score (nSPS) is 25.2. The fourth-order valence-electron chi connectivity index (χ4n) is 2.25. The van der Waals surface area contributed by atoms with Crippen molar-refractivity contribution in [1.29, 1.82) is 0 Å². The summed E-state index contributed by atoms with van der Waals surface area (Å²) in [6, 6.07) is 0. The summed E-state index contributed by atoms with van der Waals surface area (Å²) in [6.07, 6.45) is 4.20. The first kappa shape index (κ1) is 12.3. The number of carbonyl (C=O) groups excluding carboxylic acids is 1. The molecule has 0 aromatic heterocycles. The van der Waals surface area contributed by atoms with Crippen LogP contribution in [0.3, 0.4) is 0 Å². The van der Waals surface area contributed by atoms with E-state index < -0.39 is 13.3 Å². The van der Waals surface area contributed by atoms with Gasteiger partial charge in [0.2, 0.25) is 0 Å². The first-order chi connectivity index (χ1) is 6.25. The molecule has 0 aromatic carbocycles. The second kappa shape index (κ2) is 3.99.